The van der Waals surface area contributed by atoms with Gasteiger partial charge < -0.3 is 29.0 Å². The summed E-state index contributed by atoms with van der Waals surface area (Å²) in [6.45, 7) is 0.414. The highest BCUT2D eigenvalue weighted by Gasteiger charge is 2.30. The van der Waals surface area contributed by atoms with Gasteiger partial charge in [-0.15, -0.1) is 0 Å². The second-order valence-corrected chi connectivity index (χ2v) is 8.94. The average molecular weight is 484 g/mol. The van der Waals surface area contributed by atoms with Crippen molar-refractivity contribution in [2.75, 3.05) is 35.0 Å². The first-order chi connectivity index (χ1) is 17.0. The Hall–Kier alpha value is -3.42. The predicted molar refractivity (Wildman–Crippen MR) is 132 cm³/mol. The number of alkyl carbamates (subject to hydrolysis) is 1. The predicted octanol–water partition coefficient (Wildman–Crippen LogP) is 4.65. The molecule has 35 heavy (non-hydrogen) atoms. The summed E-state index contributed by atoms with van der Waals surface area (Å²) in [4.78, 5) is 25.7. The van der Waals surface area contributed by atoms with E-state index in [9.17, 15) is 9.59 Å². The molecule has 4 rings (SSSR count). The van der Waals surface area contributed by atoms with Gasteiger partial charge in [-0.05, 0) is 66.5 Å². The number of carbonyl (C=O) groups is 1. The molecule has 0 spiro atoms. The molecule has 0 radical (unpaired) electrons. The van der Waals surface area contributed by atoms with E-state index >= 15 is 0 Å². The van der Waals surface area contributed by atoms with Crippen LogP contribution in [0.5, 0.6) is 23.0 Å². The topological polar surface area (TPSA) is 92.3 Å². The highest BCUT2D eigenvalue weighted by molar-refractivity contribution is 5.83. The Bertz CT molecular complexity index is 1140. The lowest BCUT2D eigenvalue weighted by Gasteiger charge is -2.20. The minimum Gasteiger partial charge on any atom is -0.493 e. The Morgan fingerprint density at radius 3 is 2.29 bits per heavy atom. The summed E-state index contributed by atoms with van der Waals surface area (Å²) >= 11 is 0. The number of benzene rings is 1. The van der Waals surface area contributed by atoms with Gasteiger partial charge in [-0.2, -0.15) is 0 Å². The molecule has 2 aromatic carbocycles. The van der Waals surface area contributed by atoms with Crippen LogP contribution in [0.4, 0.5) is 4.79 Å². The minimum absolute atomic E-state index is 0.210. The maximum absolute atomic E-state index is 12.9. The molecule has 1 unspecified atom stereocenters. The van der Waals surface area contributed by atoms with Crippen LogP contribution in [0, 0.1) is 5.92 Å². The molecular formula is C27H33NO7. The number of hydrogen-bond donors (Lipinski definition) is 1. The van der Waals surface area contributed by atoms with Crippen molar-refractivity contribution in [2.45, 2.75) is 44.6 Å². The van der Waals surface area contributed by atoms with Crippen molar-refractivity contribution in [3.8, 4) is 34.1 Å². The summed E-state index contributed by atoms with van der Waals surface area (Å²) in [5, 5.41) is 3.00. The fourth-order valence-electron chi connectivity index (χ4n) is 5.17. The monoisotopic (exact) mass is 483 g/mol. The number of fused-ring (bicyclic) bond motifs is 3. The molecule has 8 heteroatoms. The Morgan fingerprint density at radius 1 is 0.914 bits per heavy atom. The smallest absolute Gasteiger partial charge is 0.407 e. The molecule has 0 aromatic heterocycles. The number of nitrogens with one attached hydrogen (secondary N) is 1. The van der Waals surface area contributed by atoms with Crippen molar-refractivity contribution in [3.63, 3.8) is 0 Å². The maximum Gasteiger partial charge on any atom is 0.407 e. The fraction of sp³-hybridized carbons (Fsp3) is 0.481. The Labute approximate surface area is 205 Å². The van der Waals surface area contributed by atoms with E-state index in [1.165, 1.54) is 26.0 Å². The third-order valence-corrected chi connectivity index (χ3v) is 6.94. The van der Waals surface area contributed by atoms with Crippen molar-refractivity contribution in [2.24, 2.45) is 5.92 Å². The van der Waals surface area contributed by atoms with E-state index in [2.05, 4.69) is 5.32 Å². The summed E-state index contributed by atoms with van der Waals surface area (Å²) in [6, 6.07) is 6.47. The zero-order valence-electron chi connectivity index (χ0n) is 20.8. The van der Waals surface area contributed by atoms with E-state index in [0.717, 1.165) is 29.5 Å². The molecule has 1 amide bonds. The Morgan fingerprint density at radius 2 is 1.63 bits per heavy atom. The molecule has 1 atom stereocenters. The molecule has 0 heterocycles. The first-order valence-electron chi connectivity index (χ1n) is 12.0. The largest absolute Gasteiger partial charge is 0.493 e. The molecule has 8 nitrogen and oxygen atoms in total. The van der Waals surface area contributed by atoms with Crippen molar-refractivity contribution < 1.29 is 28.5 Å². The lowest BCUT2D eigenvalue weighted by Crippen LogP contribution is -2.30. The van der Waals surface area contributed by atoms with Gasteiger partial charge in [0.1, 0.15) is 0 Å². The third-order valence-electron chi connectivity index (χ3n) is 6.94. The summed E-state index contributed by atoms with van der Waals surface area (Å²) in [5.41, 5.74) is 2.89. The standard InChI is InChI=1S/C27H33NO7/c1-31-22-12-10-18-19(14-21(22)29)20(28-27(30)35-15-16-7-5-6-8-16)11-9-17-13-23(32-2)25(33-3)26(34-4)24(17)18/h10,12-14,16,20H,5-9,11,15H2,1-4H3,(H,28,30). The first kappa shape index (κ1) is 24.7. The zero-order valence-corrected chi connectivity index (χ0v) is 20.8. The van der Waals surface area contributed by atoms with Gasteiger partial charge in [0.15, 0.2) is 17.2 Å². The molecule has 2 aliphatic rings. The van der Waals surface area contributed by atoms with Crippen LogP contribution >= 0.6 is 0 Å². The van der Waals surface area contributed by atoms with Crippen LogP contribution in [-0.4, -0.2) is 41.1 Å². The number of hydrogen-bond acceptors (Lipinski definition) is 7. The van der Waals surface area contributed by atoms with Gasteiger partial charge in [-0.25, -0.2) is 4.79 Å². The molecule has 188 valence electrons. The van der Waals surface area contributed by atoms with Gasteiger partial charge >= 0.3 is 6.09 Å². The number of methoxy groups -OCH3 is 4. The summed E-state index contributed by atoms with van der Waals surface area (Å²) < 4.78 is 27.8. The number of rotatable bonds is 7. The molecule has 2 aromatic rings. The van der Waals surface area contributed by atoms with Crippen LogP contribution in [0.15, 0.2) is 29.1 Å². The van der Waals surface area contributed by atoms with Crippen LogP contribution in [0.25, 0.3) is 11.1 Å². The lowest BCUT2D eigenvalue weighted by atomic mass is 9.95. The van der Waals surface area contributed by atoms with Crippen LogP contribution in [0.2, 0.25) is 0 Å². The number of aryl methyl sites for hydroxylation is 1. The van der Waals surface area contributed by atoms with Gasteiger partial charge in [0.2, 0.25) is 11.2 Å². The van der Waals surface area contributed by atoms with Crippen LogP contribution in [0.3, 0.4) is 0 Å². The first-order valence-corrected chi connectivity index (χ1v) is 12.0. The molecule has 2 aliphatic carbocycles. The zero-order chi connectivity index (χ0) is 24.9. The normalized spacial score (nSPS) is 17.0. The van der Waals surface area contributed by atoms with Crippen LogP contribution in [-0.2, 0) is 11.2 Å². The van der Waals surface area contributed by atoms with E-state index in [1.807, 2.05) is 12.1 Å². The third kappa shape index (κ3) is 5.01. The van der Waals surface area contributed by atoms with Crippen molar-refractivity contribution in [1.82, 2.24) is 5.32 Å². The molecule has 0 aliphatic heterocycles. The number of carbonyl (C=O) groups excluding carboxylic acids is 1. The molecule has 1 N–H and O–H groups in total. The summed E-state index contributed by atoms with van der Waals surface area (Å²) in [5.74, 6) is 2.15. The number of amides is 1. The van der Waals surface area contributed by atoms with Crippen molar-refractivity contribution in [1.29, 1.82) is 0 Å². The van der Waals surface area contributed by atoms with E-state index in [-0.39, 0.29) is 11.2 Å². The van der Waals surface area contributed by atoms with E-state index in [0.29, 0.717) is 48.2 Å². The quantitative estimate of drug-likeness (QED) is 0.613. The van der Waals surface area contributed by atoms with Gasteiger partial charge in [0, 0.05) is 5.56 Å². The van der Waals surface area contributed by atoms with Gasteiger partial charge in [0.25, 0.3) is 0 Å². The molecule has 1 saturated carbocycles. The highest BCUT2D eigenvalue weighted by Crippen LogP contribution is 2.50. The Kier molecular flexibility index (Phi) is 7.68. The second-order valence-electron chi connectivity index (χ2n) is 8.94. The molecular weight excluding hydrogens is 450 g/mol. The lowest BCUT2D eigenvalue weighted by molar-refractivity contribution is 0.123. The second kappa shape index (κ2) is 10.9. The van der Waals surface area contributed by atoms with E-state index in [1.54, 1.807) is 27.4 Å². The minimum atomic E-state index is -0.480. The van der Waals surface area contributed by atoms with Gasteiger partial charge in [-0.3, -0.25) is 4.79 Å². The molecule has 1 fully saturated rings. The molecule has 0 bridgehead atoms. The fourth-order valence-corrected chi connectivity index (χ4v) is 5.17. The van der Waals surface area contributed by atoms with Crippen LogP contribution in [0.1, 0.15) is 49.3 Å². The van der Waals surface area contributed by atoms with E-state index < -0.39 is 12.1 Å². The maximum atomic E-state index is 12.9. The van der Waals surface area contributed by atoms with Gasteiger partial charge in [0.05, 0.1) is 41.1 Å². The highest BCUT2D eigenvalue weighted by atomic mass is 16.5. The van der Waals surface area contributed by atoms with Gasteiger partial charge in [-0.1, -0.05) is 18.9 Å². The average Bonchev–Trinajstić information content (AvgIpc) is 3.28. The number of ether oxygens (including phenoxy) is 5. The van der Waals surface area contributed by atoms with Crippen LogP contribution < -0.4 is 29.7 Å². The van der Waals surface area contributed by atoms with Crippen molar-refractivity contribution >= 4 is 6.09 Å². The Balaban J connectivity index is 1.79. The SMILES string of the molecule is COc1cc2c(c(OC)c1OC)-c1ccc(OC)c(=O)cc1C(NC(=O)OCC1CCCC1)CC2. The van der Waals surface area contributed by atoms with Crippen molar-refractivity contribution in [3.05, 3.63) is 45.6 Å². The molecule has 0 saturated heterocycles. The summed E-state index contributed by atoms with van der Waals surface area (Å²) in [6.07, 6.45) is 5.24. The summed E-state index contributed by atoms with van der Waals surface area (Å²) in [7, 11) is 6.16. The van der Waals surface area contributed by atoms with E-state index in [4.69, 9.17) is 23.7 Å².